The molecule has 0 N–H and O–H groups in total. The predicted octanol–water partition coefficient (Wildman–Crippen LogP) is 2.66. The topological polar surface area (TPSA) is 29.5 Å². The zero-order valence-electron chi connectivity index (χ0n) is 11.7. The molecule has 1 aliphatic rings. The Kier molecular flexibility index (Phi) is 5.44. The van der Waals surface area contributed by atoms with Crippen LogP contribution in [0.2, 0.25) is 0 Å². The molecule has 3 heteroatoms. The fraction of sp³-hybridized carbons (Fsp3) is 0.857. The molecule has 1 heterocycles. The van der Waals surface area contributed by atoms with Crippen molar-refractivity contribution in [2.24, 2.45) is 5.41 Å². The molecule has 1 fully saturated rings. The lowest BCUT2D eigenvalue weighted by Crippen LogP contribution is -2.45. The standard InChI is InChI=1S/C14H26NO2/c1-5-14(13(16)17-6-2)7-9-15(10-8-14)11-12(3)4/h5-11H2,1-4H3. The van der Waals surface area contributed by atoms with Gasteiger partial charge in [0.05, 0.1) is 12.0 Å². The molecule has 17 heavy (non-hydrogen) atoms. The minimum atomic E-state index is -0.214. The van der Waals surface area contributed by atoms with Gasteiger partial charge in [-0.1, -0.05) is 20.8 Å². The molecular weight excluding hydrogens is 214 g/mol. The first-order valence-corrected chi connectivity index (χ1v) is 6.72. The molecule has 0 unspecified atom stereocenters. The van der Waals surface area contributed by atoms with Crippen LogP contribution in [0.1, 0.15) is 47.0 Å². The van der Waals surface area contributed by atoms with E-state index in [9.17, 15) is 4.79 Å². The van der Waals surface area contributed by atoms with Gasteiger partial charge in [-0.15, -0.1) is 0 Å². The highest BCUT2D eigenvalue weighted by atomic mass is 16.5. The van der Waals surface area contributed by atoms with Crippen molar-refractivity contribution in [3.63, 3.8) is 0 Å². The van der Waals surface area contributed by atoms with E-state index in [1.807, 2.05) is 6.92 Å². The predicted molar refractivity (Wildman–Crippen MR) is 69.6 cm³/mol. The summed E-state index contributed by atoms with van der Waals surface area (Å²) in [4.78, 5) is 14.5. The number of hydrogen-bond donors (Lipinski definition) is 0. The molecule has 0 atom stereocenters. The van der Waals surface area contributed by atoms with E-state index in [4.69, 9.17) is 4.74 Å². The van der Waals surface area contributed by atoms with Gasteiger partial charge in [-0.3, -0.25) is 4.79 Å². The van der Waals surface area contributed by atoms with Crippen molar-refractivity contribution in [2.75, 3.05) is 26.2 Å². The van der Waals surface area contributed by atoms with Crippen LogP contribution in [0.25, 0.3) is 0 Å². The molecule has 3 nitrogen and oxygen atoms in total. The van der Waals surface area contributed by atoms with E-state index in [1.165, 1.54) is 5.92 Å². The summed E-state index contributed by atoms with van der Waals surface area (Å²) < 4.78 is 5.23. The monoisotopic (exact) mass is 240 g/mol. The van der Waals surface area contributed by atoms with Gasteiger partial charge in [0, 0.05) is 6.54 Å². The average molecular weight is 240 g/mol. The zero-order chi connectivity index (χ0) is 12.9. The van der Waals surface area contributed by atoms with E-state index >= 15 is 0 Å². The number of rotatable bonds is 5. The first-order valence-electron chi connectivity index (χ1n) is 6.72. The Morgan fingerprint density at radius 3 is 2.24 bits per heavy atom. The largest absolute Gasteiger partial charge is 0.466 e. The van der Waals surface area contributed by atoms with Crippen molar-refractivity contribution in [1.29, 1.82) is 0 Å². The number of carbonyl (C=O) groups is 1. The second kappa shape index (κ2) is 6.39. The Morgan fingerprint density at radius 2 is 1.82 bits per heavy atom. The summed E-state index contributed by atoms with van der Waals surface area (Å²) in [5.74, 6) is 1.45. The molecule has 0 amide bonds. The number of nitrogens with zero attached hydrogens (tertiary/aromatic N) is 1. The fourth-order valence-corrected chi connectivity index (χ4v) is 2.57. The smallest absolute Gasteiger partial charge is 0.312 e. The van der Waals surface area contributed by atoms with E-state index in [2.05, 4.69) is 25.7 Å². The van der Waals surface area contributed by atoms with Crippen LogP contribution in [-0.4, -0.2) is 37.1 Å². The maximum absolute atomic E-state index is 12.0. The zero-order valence-corrected chi connectivity index (χ0v) is 11.7. The summed E-state index contributed by atoms with van der Waals surface area (Å²) in [5.41, 5.74) is -0.214. The van der Waals surface area contributed by atoms with Crippen LogP contribution in [0.3, 0.4) is 0 Å². The Hall–Kier alpha value is -0.570. The third-order valence-corrected chi connectivity index (χ3v) is 3.74. The van der Waals surface area contributed by atoms with Crippen LogP contribution < -0.4 is 0 Å². The summed E-state index contributed by atoms with van der Waals surface area (Å²) in [6.07, 6.45) is 2.78. The molecule has 1 rings (SSSR count). The van der Waals surface area contributed by atoms with E-state index < -0.39 is 0 Å². The van der Waals surface area contributed by atoms with Gasteiger partial charge in [-0.25, -0.2) is 0 Å². The molecule has 0 bridgehead atoms. The number of piperidine rings is 1. The Balaban J connectivity index is 2.53. The minimum Gasteiger partial charge on any atom is -0.466 e. The highest BCUT2D eigenvalue weighted by molar-refractivity contribution is 5.77. The van der Waals surface area contributed by atoms with E-state index in [0.717, 1.165) is 38.9 Å². The minimum absolute atomic E-state index is 0.0133. The summed E-state index contributed by atoms with van der Waals surface area (Å²) in [5, 5.41) is 0. The van der Waals surface area contributed by atoms with E-state index in [-0.39, 0.29) is 11.4 Å². The fourth-order valence-electron chi connectivity index (χ4n) is 2.57. The lowest BCUT2D eigenvalue weighted by Gasteiger charge is -2.39. The van der Waals surface area contributed by atoms with Gasteiger partial charge < -0.3 is 9.64 Å². The second-order valence-electron chi connectivity index (χ2n) is 5.34. The maximum Gasteiger partial charge on any atom is 0.312 e. The second-order valence-corrected chi connectivity index (χ2v) is 5.34. The van der Waals surface area contributed by atoms with Gasteiger partial charge in [0.15, 0.2) is 0 Å². The normalized spacial score (nSPS) is 20.5. The first kappa shape index (κ1) is 14.5. The summed E-state index contributed by atoms with van der Waals surface area (Å²) >= 11 is 0. The lowest BCUT2D eigenvalue weighted by atomic mass is 9.76. The average Bonchev–Trinajstić information content (AvgIpc) is 2.30. The van der Waals surface area contributed by atoms with Crippen molar-refractivity contribution in [2.45, 2.75) is 47.0 Å². The summed E-state index contributed by atoms with van der Waals surface area (Å²) in [6.45, 7) is 11.9. The number of hydrogen-bond acceptors (Lipinski definition) is 3. The number of ether oxygens (including phenoxy) is 1. The Bertz CT molecular complexity index is 243. The summed E-state index contributed by atoms with van der Waals surface area (Å²) in [7, 11) is 0. The van der Waals surface area contributed by atoms with Gasteiger partial charge in [-0.2, -0.15) is 0 Å². The molecule has 0 aromatic rings. The van der Waals surface area contributed by atoms with Crippen LogP contribution in [0, 0.1) is 11.3 Å². The number of esters is 1. The van der Waals surface area contributed by atoms with Crippen LogP contribution in [0.5, 0.6) is 0 Å². The van der Waals surface area contributed by atoms with Crippen LogP contribution >= 0.6 is 0 Å². The van der Waals surface area contributed by atoms with Crippen molar-refractivity contribution >= 4 is 5.97 Å². The van der Waals surface area contributed by atoms with Crippen LogP contribution in [0.15, 0.2) is 0 Å². The molecule has 99 valence electrons. The Labute approximate surface area is 106 Å². The maximum atomic E-state index is 12.0. The molecule has 0 saturated carbocycles. The molecule has 0 aliphatic carbocycles. The quantitative estimate of drug-likeness (QED) is 0.692. The molecule has 0 aromatic carbocycles. The first-order chi connectivity index (χ1) is 8.04. The van der Waals surface area contributed by atoms with Crippen molar-refractivity contribution < 1.29 is 9.53 Å². The highest BCUT2D eigenvalue weighted by Gasteiger charge is 2.40. The molecule has 1 saturated heterocycles. The van der Waals surface area contributed by atoms with Gasteiger partial charge in [-0.05, 0) is 45.2 Å². The van der Waals surface area contributed by atoms with Gasteiger partial charge in [0.25, 0.3) is 0 Å². The molecular formula is C14H26NO2. The molecule has 1 radical (unpaired) electrons. The van der Waals surface area contributed by atoms with Crippen LogP contribution in [-0.2, 0) is 9.53 Å². The highest BCUT2D eigenvalue weighted by Crippen LogP contribution is 2.36. The van der Waals surface area contributed by atoms with E-state index in [0.29, 0.717) is 6.61 Å². The molecule has 0 aromatic heterocycles. The third kappa shape index (κ3) is 3.70. The van der Waals surface area contributed by atoms with E-state index in [1.54, 1.807) is 0 Å². The number of carbonyl (C=O) groups excluding carboxylic acids is 1. The third-order valence-electron chi connectivity index (χ3n) is 3.74. The van der Waals surface area contributed by atoms with Crippen LogP contribution in [0.4, 0.5) is 0 Å². The van der Waals surface area contributed by atoms with Gasteiger partial charge in [0.1, 0.15) is 0 Å². The van der Waals surface area contributed by atoms with Crippen molar-refractivity contribution in [3.8, 4) is 0 Å². The van der Waals surface area contributed by atoms with Gasteiger partial charge in [0.2, 0.25) is 0 Å². The lowest BCUT2D eigenvalue weighted by molar-refractivity contribution is -0.158. The molecule has 1 aliphatic heterocycles. The van der Waals surface area contributed by atoms with Crippen molar-refractivity contribution in [3.05, 3.63) is 5.92 Å². The van der Waals surface area contributed by atoms with Gasteiger partial charge >= 0.3 is 5.97 Å². The van der Waals surface area contributed by atoms with Crippen molar-refractivity contribution in [1.82, 2.24) is 4.90 Å². The summed E-state index contributed by atoms with van der Waals surface area (Å²) in [6, 6.07) is 0. The molecule has 0 spiro atoms. The number of likely N-dealkylation sites (tertiary alicyclic amines) is 1. The SMILES string of the molecule is CCOC(=O)C1(CC)CCN(C[C](C)C)CC1. The Morgan fingerprint density at radius 1 is 1.24 bits per heavy atom.